The summed E-state index contributed by atoms with van der Waals surface area (Å²) in [6.07, 6.45) is 13.4. The predicted molar refractivity (Wildman–Crippen MR) is 115 cm³/mol. The first-order valence-corrected chi connectivity index (χ1v) is 18.4. The first-order valence-electron chi connectivity index (χ1n) is 10.7. The van der Waals surface area contributed by atoms with Crippen LogP contribution in [0.25, 0.3) is 0 Å². The number of hydrogen-bond donors (Lipinski definition) is 0. The Balaban J connectivity index is 3.08. The van der Waals surface area contributed by atoms with E-state index in [-0.39, 0.29) is 5.41 Å². The van der Waals surface area contributed by atoms with Crippen LogP contribution in [0.3, 0.4) is 0 Å². The molecule has 0 saturated heterocycles. The number of carbonyl (C=O) groups is 1. The van der Waals surface area contributed by atoms with E-state index in [4.69, 9.17) is 0 Å². The second-order valence-electron chi connectivity index (χ2n) is 9.03. The van der Waals surface area contributed by atoms with E-state index in [0.29, 0.717) is 18.1 Å². The summed E-state index contributed by atoms with van der Waals surface area (Å²) in [6, 6.07) is 0. The molecule has 0 aromatic heterocycles. The van der Waals surface area contributed by atoms with E-state index in [0.717, 1.165) is 0 Å². The summed E-state index contributed by atoms with van der Waals surface area (Å²) >= 11 is -2.22. The molecular formula is C23H42OSn. The van der Waals surface area contributed by atoms with Crippen molar-refractivity contribution in [3.63, 3.8) is 0 Å². The molecule has 0 fully saturated rings. The number of allylic oxidation sites excluding steroid dienone is 3. The van der Waals surface area contributed by atoms with Crippen LogP contribution in [0, 0.1) is 11.3 Å². The summed E-state index contributed by atoms with van der Waals surface area (Å²) in [4.78, 5) is 12.0. The average Bonchev–Trinajstić information content (AvgIpc) is 2.54. The summed E-state index contributed by atoms with van der Waals surface area (Å²) < 4.78 is 7.36. The Kier molecular flexibility index (Phi) is 10.1. The number of rotatable bonds is 11. The number of ketones is 1. The van der Waals surface area contributed by atoms with Crippen LogP contribution in [-0.4, -0.2) is 24.2 Å². The van der Waals surface area contributed by atoms with Crippen LogP contribution in [0.1, 0.15) is 86.5 Å². The molecule has 0 aromatic carbocycles. The maximum atomic E-state index is 12.0. The molecule has 1 aliphatic rings. The quantitative estimate of drug-likeness (QED) is 0.296. The van der Waals surface area contributed by atoms with Crippen LogP contribution in [-0.2, 0) is 4.79 Å². The Hall–Kier alpha value is -0.0513. The van der Waals surface area contributed by atoms with Gasteiger partial charge in [0, 0.05) is 0 Å². The molecule has 2 heteroatoms. The zero-order valence-corrected chi connectivity index (χ0v) is 20.6. The molecular weight excluding hydrogens is 411 g/mol. The van der Waals surface area contributed by atoms with E-state index >= 15 is 0 Å². The Morgan fingerprint density at radius 3 is 1.92 bits per heavy atom. The fourth-order valence-corrected chi connectivity index (χ4v) is 18.8. The monoisotopic (exact) mass is 454 g/mol. The fourth-order valence-electron chi connectivity index (χ4n) is 4.49. The van der Waals surface area contributed by atoms with E-state index in [2.05, 4.69) is 51.7 Å². The van der Waals surface area contributed by atoms with Gasteiger partial charge in [-0.1, -0.05) is 0 Å². The van der Waals surface area contributed by atoms with Gasteiger partial charge in [-0.15, -0.1) is 0 Å². The first-order chi connectivity index (χ1) is 11.8. The van der Waals surface area contributed by atoms with E-state index in [9.17, 15) is 4.79 Å². The van der Waals surface area contributed by atoms with Gasteiger partial charge in [0.05, 0.1) is 0 Å². The molecule has 0 bridgehead atoms. The normalized spacial score (nSPS) is 21.0. The zero-order valence-electron chi connectivity index (χ0n) is 17.8. The molecule has 1 nitrogen and oxygen atoms in total. The molecule has 0 radical (unpaired) electrons. The van der Waals surface area contributed by atoms with E-state index in [1.54, 1.807) is 0 Å². The van der Waals surface area contributed by atoms with Crippen LogP contribution < -0.4 is 0 Å². The van der Waals surface area contributed by atoms with Crippen LogP contribution >= 0.6 is 0 Å². The predicted octanol–water partition coefficient (Wildman–Crippen LogP) is 7.49. The van der Waals surface area contributed by atoms with Crippen molar-refractivity contribution in [1.29, 1.82) is 0 Å². The summed E-state index contributed by atoms with van der Waals surface area (Å²) in [5.41, 5.74) is 1.35. The van der Waals surface area contributed by atoms with Gasteiger partial charge in [-0.25, -0.2) is 0 Å². The second kappa shape index (κ2) is 10.9. The summed E-state index contributed by atoms with van der Waals surface area (Å²) in [7, 11) is 0. The number of hydrogen-bond acceptors (Lipinski definition) is 1. The van der Waals surface area contributed by atoms with Crippen molar-refractivity contribution in [2.24, 2.45) is 11.3 Å². The standard InChI is InChI=1S/C11H15O.3C4H9.Sn/c1-5-10-8(2)6-9(12)7-11(10,3)4;3*1-3-4-2;/h1,5-6,10H,7H2,2-4H3;3*1,3-4H2,2H3;. The van der Waals surface area contributed by atoms with Crippen molar-refractivity contribution in [1.82, 2.24) is 0 Å². The Labute approximate surface area is 161 Å². The molecule has 1 atom stereocenters. The van der Waals surface area contributed by atoms with Crippen molar-refractivity contribution in [3.05, 3.63) is 21.8 Å². The van der Waals surface area contributed by atoms with Gasteiger partial charge in [0.1, 0.15) is 0 Å². The van der Waals surface area contributed by atoms with Crippen LogP contribution in [0.15, 0.2) is 21.8 Å². The molecule has 0 aliphatic heterocycles. The van der Waals surface area contributed by atoms with E-state index in [1.807, 2.05) is 6.08 Å². The van der Waals surface area contributed by atoms with Gasteiger partial charge in [-0.3, -0.25) is 0 Å². The Morgan fingerprint density at radius 1 is 1.04 bits per heavy atom. The molecule has 0 N–H and O–H groups in total. The molecule has 0 aromatic rings. The van der Waals surface area contributed by atoms with Gasteiger partial charge < -0.3 is 0 Å². The van der Waals surface area contributed by atoms with Crippen LogP contribution in [0.2, 0.25) is 13.3 Å². The minimum absolute atomic E-state index is 0.0737. The third kappa shape index (κ3) is 7.23. The average molecular weight is 453 g/mol. The van der Waals surface area contributed by atoms with E-state index < -0.39 is 18.4 Å². The van der Waals surface area contributed by atoms with Crippen molar-refractivity contribution in [2.75, 3.05) is 0 Å². The molecule has 0 saturated carbocycles. The minimum atomic E-state index is -2.22. The van der Waals surface area contributed by atoms with Crippen LogP contribution in [0.5, 0.6) is 0 Å². The number of unbranched alkanes of at least 4 members (excludes halogenated alkanes) is 3. The Bertz CT molecular complexity index is 451. The topological polar surface area (TPSA) is 17.1 Å². The first kappa shape index (κ1) is 23.0. The van der Waals surface area contributed by atoms with Gasteiger partial charge in [0.15, 0.2) is 0 Å². The molecule has 1 aliphatic carbocycles. The molecule has 144 valence electrons. The van der Waals surface area contributed by atoms with Crippen molar-refractivity contribution >= 4 is 24.2 Å². The fraction of sp³-hybridized carbons (Fsp3) is 0.783. The van der Waals surface area contributed by atoms with Gasteiger partial charge in [-0.05, 0) is 0 Å². The summed E-state index contributed by atoms with van der Waals surface area (Å²) in [5, 5.41) is 0. The number of carbonyl (C=O) groups excluding carboxylic acids is 1. The third-order valence-corrected chi connectivity index (χ3v) is 20.2. The third-order valence-electron chi connectivity index (χ3n) is 6.08. The van der Waals surface area contributed by atoms with Gasteiger partial charge in [-0.2, -0.15) is 0 Å². The molecule has 0 amide bonds. The van der Waals surface area contributed by atoms with Crippen molar-refractivity contribution in [2.45, 2.75) is 99.8 Å². The SMILES string of the molecule is CCC[CH2][Sn](/[CH]=C/C1C(C)=CC(=O)CC1(C)C)([CH2]CCC)[CH2]CCC. The zero-order chi connectivity index (χ0) is 18.9. The molecule has 0 spiro atoms. The summed E-state index contributed by atoms with van der Waals surface area (Å²) in [5.74, 6) is 0.760. The molecule has 0 heterocycles. The Morgan fingerprint density at radius 2 is 1.52 bits per heavy atom. The van der Waals surface area contributed by atoms with Crippen LogP contribution in [0.4, 0.5) is 0 Å². The van der Waals surface area contributed by atoms with Crippen molar-refractivity contribution < 1.29 is 4.79 Å². The van der Waals surface area contributed by atoms with Crippen molar-refractivity contribution in [3.8, 4) is 0 Å². The second-order valence-corrected chi connectivity index (χ2v) is 22.0. The van der Waals surface area contributed by atoms with Gasteiger partial charge >= 0.3 is 162 Å². The van der Waals surface area contributed by atoms with Gasteiger partial charge in [0.25, 0.3) is 0 Å². The molecule has 25 heavy (non-hydrogen) atoms. The van der Waals surface area contributed by atoms with Gasteiger partial charge in [0.2, 0.25) is 0 Å². The summed E-state index contributed by atoms with van der Waals surface area (Å²) in [6.45, 7) is 13.7. The van der Waals surface area contributed by atoms with E-state index in [1.165, 1.54) is 57.4 Å². The molecule has 1 unspecified atom stereocenters. The molecule has 1 rings (SSSR count). The maximum absolute atomic E-state index is 12.0.